The van der Waals surface area contributed by atoms with Crippen molar-refractivity contribution in [3.05, 3.63) is 57.9 Å². The van der Waals surface area contributed by atoms with Crippen molar-refractivity contribution in [3.63, 3.8) is 0 Å². The molecule has 1 aromatic heterocycles. The number of benzene rings is 1. The Bertz CT molecular complexity index is 884. The maximum absolute atomic E-state index is 12.9. The first-order chi connectivity index (χ1) is 13.7. The minimum atomic E-state index is -0.355. The van der Waals surface area contributed by atoms with Crippen LogP contribution in [0.4, 0.5) is 0 Å². The van der Waals surface area contributed by atoms with Gasteiger partial charge in [-0.05, 0) is 47.8 Å². The summed E-state index contributed by atoms with van der Waals surface area (Å²) < 4.78 is 5.40. The highest BCUT2D eigenvalue weighted by atomic mass is 16.5. The number of aromatic nitrogens is 1. The number of carbonyl (C=O) groups excluding carboxylic acids is 2. The first-order valence-corrected chi connectivity index (χ1v) is 10.7. The normalized spacial score (nSPS) is 16.6. The standard InChI is InChI=1S/C25H33NO3/c1-6-7-8-13-29-24(28)23-16(2)22-20(26-23)14-18(15-21(22)27)17-9-11-19(12-10-17)25(3,4)5/h9-12,18,26H,6-8,13-15H2,1-5H3/t18-/m1/s1. The monoisotopic (exact) mass is 395 g/mol. The molecule has 0 radical (unpaired) electrons. The molecule has 0 bridgehead atoms. The Kier molecular flexibility index (Phi) is 6.30. The van der Waals surface area contributed by atoms with Crippen molar-refractivity contribution in [1.82, 2.24) is 4.98 Å². The maximum atomic E-state index is 12.9. The Hall–Kier alpha value is -2.36. The van der Waals surface area contributed by atoms with Crippen molar-refractivity contribution in [2.45, 2.75) is 78.1 Å². The molecular formula is C25H33NO3. The maximum Gasteiger partial charge on any atom is 0.355 e. The van der Waals surface area contributed by atoms with E-state index in [1.807, 2.05) is 6.92 Å². The number of Topliss-reactive ketones (excluding diaryl/α,β-unsaturated/α-hetero) is 1. The Morgan fingerprint density at radius 1 is 1.14 bits per heavy atom. The second kappa shape index (κ2) is 8.56. The molecule has 1 heterocycles. The van der Waals surface area contributed by atoms with Crippen LogP contribution in [0.25, 0.3) is 0 Å². The third kappa shape index (κ3) is 4.63. The molecule has 0 aliphatic heterocycles. The summed E-state index contributed by atoms with van der Waals surface area (Å²) in [4.78, 5) is 28.6. The van der Waals surface area contributed by atoms with Crippen molar-refractivity contribution in [2.24, 2.45) is 0 Å². The van der Waals surface area contributed by atoms with Crippen LogP contribution in [0.1, 0.15) is 103 Å². The molecule has 1 aliphatic rings. The zero-order chi connectivity index (χ0) is 21.2. The molecule has 4 heteroatoms. The average molecular weight is 396 g/mol. The molecule has 2 aromatic rings. The number of nitrogens with one attached hydrogen (secondary N) is 1. The van der Waals surface area contributed by atoms with E-state index in [-0.39, 0.29) is 23.1 Å². The van der Waals surface area contributed by atoms with Crippen molar-refractivity contribution in [2.75, 3.05) is 6.61 Å². The number of hydrogen-bond acceptors (Lipinski definition) is 3. The van der Waals surface area contributed by atoms with Crippen LogP contribution in [-0.2, 0) is 16.6 Å². The predicted molar refractivity (Wildman–Crippen MR) is 116 cm³/mol. The van der Waals surface area contributed by atoms with Crippen molar-refractivity contribution < 1.29 is 14.3 Å². The van der Waals surface area contributed by atoms with Crippen LogP contribution < -0.4 is 0 Å². The molecule has 156 valence electrons. The molecule has 3 rings (SSSR count). The van der Waals surface area contributed by atoms with Gasteiger partial charge in [0.15, 0.2) is 5.78 Å². The number of esters is 1. The molecule has 1 aromatic carbocycles. The van der Waals surface area contributed by atoms with Crippen LogP contribution in [0, 0.1) is 6.92 Å². The average Bonchev–Trinajstić information content (AvgIpc) is 3.01. The molecule has 0 spiro atoms. The zero-order valence-electron chi connectivity index (χ0n) is 18.4. The van der Waals surface area contributed by atoms with E-state index >= 15 is 0 Å². The van der Waals surface area contributed by atoms with E-state index in [0.29, 0.717) is 24.3 Å². The van der Waals surface area contributed by atoms with Crippen molar-refractivity contribution in [3.8, 4) is 0 Å². The topological polar surface area (TPSA) is 59.2 Å². The van der Waals surface area contributed by atoms with E-state index < -0.39 is 0 Å². The molecule has 1 aliphatic carbocycles. The van der Waals surface area contributed by atoms with Gasteiger partial charge in [-0.2, -0.15) is 0 Å². The minimum absolute atomic E-state index is 0.106. The summed E-state index contributed by atoms with van der Waals surface area (Å²) in [5.74, 6) is -0.114. The van der Waals surface area contributed by atoms with E-state index in [1.165, 1.54) is 11.1 Å². The molecule has 0 fully saturated rings. The summed E-state index contributed by atoms with van der Waals surface area (Å²) >= 11 is 0. The van der Waals surface area contributed by atoms with Crippen LogP contribution in [0.5, 0.6) is 0 Å². The van der Waals surface area contributed by atoms with E-state index in [9.17, 15) is 9.59 Å². The SMILES string of the molecule is CCCCCOC(=O)c1[nH]c2c(c1C)C(=O)C[C@H](c1ccc(C(C)(C)C)cc1)C2. The number of hydrogen-bond donors (Lipinski definition) is 1. The summed E-state index contributed by atoms with van der Waals surface area (Å²) in [6.07, 6.45) is 4.21. The number of H-pyrrole nitrogens is 1. The lowest BCUT2D eigenvalue weighted by atomic mass is 9.80. The molecule has 1 N–H and O–H groups in total. The fraction of sp³-hybridized carbons (Fsp3) is 0.520. The Labute approximate surface area is 174 Å². The van der Waals surface area contributed by atoms with Gasteiger partial charge in [-0.15, -0.1) is 0 Å². The highest BCUT2D eigenvalue weighted by Crippen LogP contribution is 2.36. The number of ketones is 1. The molecule has 0 saturated carbocycles. The highest BCUT2D eigenvalue weighted by molar-refractivity contribution is 6.03. The molecule has 0 unspecified atom stereocenters. The van der Waals surface area contributed by atoms with Crippen LogP contribution in [-0.4, -0.2) is 23.3 Å². The quantitative estimate of drug-likeness (QED) is 0.491. The van der Waals surface area contributed by atoms with Gasteiger partial charge in [0.1, 0.15) is 5.69 Å². The van der Waals surface area contributed by atoms with Gasteiger partial charge in [0.2, 0.25) is 0 Å². The van der Waals surface area contributed by atoms with Gasteiger partial charge >= 0.3 is 5.97 Å². The zero-order valence-corrected chi connectivity index (χ0v) is 18.4. The van der Waals surface area contributed by atoms with Crippen molar-refractivity contribution >= 4 is 11.8 Å². The number of rotatable bonds is 6. The molecule has 4 nitrogen and oxygen atoms in total. The summed E-state index contributed by atoms with van der Waals surface area (Å²) in [6, 6.07) is 8.60. The second-order valence-corrected chi connectivity index (χ2v) is 9.22. The molecular weight excluding hydrogens is 362 g/mol. The number of unbranched alkanes of at least 4 members (excludes halogenated alkanes) is 2. The number of fused-ring (bicyclic) bond motifs is 1. The van der Waals surface area contributed by atoms with Gasteiger partial charge in [-0.3, -0.25) is 4.79 Å². The summed E-state index contributed by atoms with van der Waals surface area (Å²) in [7, 11) is 0. The Morgan fingerprint density at radius 3 is 2.45 bits per heavy atom. The van der Waals surface area contributed by atoms with Crippen LogP contribution in [0.15, 0.2) is 24.3 Å². The van der Waals surface area contributed by atoms with Gasteiger partial charge in [0.25, 0.3) is 0 Å². The first-order valence-electron chi connectivity index (χ1n) is 10.7. The van der Waals surface area contributed by atoms with E-state index in [0.717, 1.165) is 36.9 Å². The van der Waals surface area contributed by atoms with Crippen LogP contribution in [0.3, 0.4) is 0 Å². The van der Waals surface area contributed by atoms with Crippen LogP contribution in [0.2, 0.25) is 0 Å². The lowest BCUT2D eigenvalue weighted by molar-refractivity contribution is 0.0491. The molecule has 0 amide bonds. The summed E-state index contributed by atoms with van der Waals surface area (Å²) in [5, 5.41) is 0. The van der Waals surface area contributed by atoms with Gasteiger partial charge < -0.3 is 9.72 Å². The Balaban J connectivity index is 1.78. The second-order valence-electron chi connectivity index (χ2n) is 9.22. The van der Waals surface area contributed by atoms with Gasteiger partial charge in [0.05, 0.1) is 6.61 Å². The molecule has 1 atom stereocenters. The number of carbonyl (C=O) groups is 2. The van der Waals surface area contributed by atoms with Crippen molar-refractivity contribution in [1.29, 1.82) is 0 Å². The summed E-state index contributed by atoms with van der Waals surface area (Å²) in [6.45, 7) is 11.0. The summed E-state index contributed by atoms with van der Waals surface area (Å²) in [5.41, 5.74) is 5.28. The smallest absolute Gasteiger partial charge is 0.355 e. The Morgan fingerprint density at radius 2 is 1.83 bits per heavy atom. The fourth-order valence-electron chi connectivity index (χ4n) is 4.12. The third-order valence-electron chi connectivity index (χ3n) is 5.92. The predicted octanol–water partition coefficient (Wildman–Crippen LogP) is 5.88. The molecule has 29 heavy (non-hydrogen) atoms. The van der Waals surface area contributed by atoms with Gasteiger partial charge in [-0.25, -0.2) is 4.79 Å². The fourth-order valence-corrected chi connectivity index (χ4v) is 4.12. The van der Waals surface area contributed by atoms with E-state index in [1.54, 1.807) is 0 Å². The third-order valence-corrected chi connectivity index (χ3v) is 5.92. The van der Waals surface area contributed by atoms with E-state index in [2.05, 4.69) is 56.9 Å². The van der Waals surface area contributed by atoms with E-state index in [4.69, 9.17) is 4.74 Å². The lowest BCUT2D eigenvalue weighted by Gasteiger charge is -2.24. The van der Waals surface area contributed by atoms with Crippen LogP contribution >= 0.6 is 0 Å². The lowest BCUT2D eigenvalue weighted by Crippen LogP contribution is -2.19. The number of aromatic amines is 1. The number of ether oxygens (including phenoxy) is 1. The molecule has 0 saturated heterocycles. The highest BCUT2D eigenvalue weighted by Gasteiger charge is 2.32. The van der Waals surface area contributed by atoms with Gasteiger partial charge in [-0.1, -0.05) is 64.8 Å². The minimum Gasteiger partial charge on any atom is -0.461 e. The first kappa shape index (κ1) is 21.4. The van der Waals surface area contributed by atoms with Gasteiger partial charge in [0, 0.05) is 17.7 Å². The largest absolute Gasteiger partial charge is 0.461 e.